The molecule has 2 aromatic heterocycles. The Hall–Kier alpha value is -2.94. The summed E-state index contributed by atoms with van der Waals surface area (Å²) < 4.78 is 41.0. The quantitative estimate of drug-likeness (QED) is 0.573. The summed E-state index contributed by atoms with van der Waals surface area (Å²) in [7, 11) is 2.13. The van der Waals surface area contributed by atoms with E-state index in [4.69, 9.17) is 0 Å². The number of nitrogens with zero attached hydrogens (tertiary/aromatic N) is 5. The number of aromatic nitrogens is 3. The minimum absolute atomic E-state index is 0.160. The molecule has 0 spiro atoms. The highest BCUT2D eigenvalue weighted by Gasteiger charge is 2.28. The molecule has 1 fully saturated rings. The number of rotatable bonds is 5. The minimum Gasteiger partial charge on any atom is -0.363 e. The molecule has 0 aliphatic carbocycles. The van der Waals surface area contributed by atoms with Crippen LogP contribution < -0.4 is 10.2 Å². The number of aryl methyl sites for hydroxylation is 1. The summed E-state index contributed by atoms with van der Waals surface area (Å²) in [5, 5.41) is 3.97. The third-order valence-electron chi connectivity index (χ3n) is 6.48. The van der Waals surface area contributed by atoms with Gasteiger partial charge in [-0.1, -0.05) is 18.2 Å². The zero-order chi connectivity index (χ0) is 23.9. The number of benzene rings is 1. The number of hydrogen-bond donors (Lipinski definition) is 1. The molecule has 1 N–H and O–H groups in total. The topological polar surface area (TPSA) is 57.2 Å². The third-order valence-corrected chi connectivity index (χ3v) is 6.48. The molecule has 2 unspecified atom stereocenters. The molecular formula is C24H29F3N6. The van der Waals surface area contributed by atoms with Crippen LogP contribution in [0.15, 0.2) is 30.5 Å². The van der Waals surface area contributed by atoms with Crippen molar-refractivity contribution in [2.24, 2.45) is 0 Å². The summed E-state index contributed by atoms with van der Waals surface area (Å²) in [5.41, 5.74) is 0.223. The standard InChI is InChI=1S/C24H29F3N6/c1-13-11-33(12-14(2)32(13)5)21-9-19-20(10-28-21)30-16(4)31-24(19)29-15(3)17-7-6-8-18(22(17)25)23(26)27/h6-10,13-15,23H,11-12H2,1-5H3,(H,29,30,31)/t13?,14?,15-/m1/s1. The van der Waals surface area contributed by atoms with Gasteiger partial charge in [0, 0.05) is 36.1 Å². The van der Waals surface area contributed by atoms with E-state index >= 15 is 0 Å². The maximum atomic E-state index is 14.7. The predicted molar refractivity (Wildman–Crippen MR) is 124 cm³/mol. The maximum Gasteiger partial charge on any atom is 0.266 e. The molecule has 33 heavy (non-hydrogen) atoms. The predicted octanol–water partition coefficient (Wildman–Crippen LogP) is 5.11. The lowest BCUT2D eigenvalue weighted by Gasteiger charge is -2.43. The molecule has 3 atom stereocenters. The van der Waals surface area contributed by atoms with Gasteiger partial charge in [0.05, 0.1) is 23.3 Å². The van der Waals surface area contributed by atoms with Gasteiger partial charge >= 0.3 is 0 Å². The van der Waals surface area contributed by atoms with Crippen LogP contribution in [0.5, 0.6) is 0 Å². The number of likely N-dealkylation sites (N-methyl/N-ethyl adjacent to an activating group) is 1. The Morgan fingerprint density at radius 1 is 1.09 bits per heavy atom. The van der Waals surface area contributed by atoms with Crippen molar-refractivity contribution in [2.75, 3.05) is 30.4 Å². The molecule has 1 aliphatic heterocycles. The second-order valence-corrected chi connectivity index (χ2v) is 8.86. The van der Waals surface area contributed by atoms with Crippen molar-refractivity contribution in [3.05, 3.63) is 53.2 Å². The van der Waals surface area contributed by atoms with Gasteiger partial charge in [0.1, 0.15) is 23.3 Å². The lowest BCUT2D eigenvalue weighted by atomic mass is 10.0. The third kappa shape index (κ3) is 4.59. The number of nitrogens with one attached hydrogen (secondary N) is 1. The highest BCUT2D eigenvalue weighted by Crippen LogP contribution is 2.31. The molecule has 9 heteroatoms. The van der Waals surface area contributed by atoms with Crippen LogP contribution in [0.4, 0.5) is 24.8 Å². The fourth-order valence-electron chi connectivity index (χ4n) is 4.37. The molecule has 4 rings (SSSR count). The van der Waals surface area contributed by atoms with Gasteiger partial charge in [-0.15, -0.1) is 0 Å². The second kappa shape index (κ2) is 9.13. The number of halogens is 3. The Morgan fingerprint density at radius 3 is 2.42 bits per heavy atom. The molecule has 3 aromatic rings. The van der Waals surface area contributed by atoms with E-state index in [0.717, 1.165) is 30.4 Å². The summed E-state index contributed by atoms with van der Waals surface area (Å²) in [6.07, 6.45) is -1.15. The van der Waals surface area contributed by atoms with Crippen molar-refractivity contribution in [1.82, 2.24) is 19.9 Å². The molecular weight excluding hydrogens is 429 g/mol. The van der Waals surface area contributed by atoms with E-state index in [1.54, 1.807) is 20.0 Å². The Morgan fingerprint density at radius 2 is 1.76 bits per heavy atom. The molecule has 0 bridgehead atoms. The molecule has 6 nitrogen and oxygen atoms in total. The first-order chi connectivity index (χ1) is 15.7. The number of anilines is 2. The number of pyridine rings is 1. The van der Waals surface area contributed by atoms with Crippen molar-refractivity contribution in [2.45, 2.75) is 52.2 Å². The van der Waals surface area contributed by atoms with E-state index in [1.165, 1.54) is 12.1 Å². The highest BCUT2D eigenvalue weighted by molar-refractivity contribution is 5.90. The van der Waals surface area contributed by atoms with Gasteiger partial charge in [0.15, 0.2) is 0 Å². The molecule has 0 amide bonds. The van der Waals surface area contributed by atoms with E-state index in [1.807, 2.05) is 6.07 Å². The summed E-state index contributed by atoms with van der Waals surface area (Å²) in [6.45, 7) is 9.56. The van der Waals surface area contributed by atoms with E-state index < -0.39 is 23.8 Å². The summed E-state index contributed by atoms with van der Waals surface area (Å²) in [6, 6.07) is 6.18. The smallest absolute Gasteiger partial charge is 0.266 e. The fourth-order valence-corrected chi connectivity index (χ4v) is 4.37. The van der Waals surface area contributed by atoms with Gasteiger partial charge in [-0.3, -0.25) is 4.90 Å². The van der Waals surface area contributed by atoms with Crippen LogP contribution in [0, 0.1) is 12.7 Å². The van der Waals surface area contributed by atoms with Gasteiger partial charge in [-0.05, 0) is 40.8 Å². The van der Waals surface area contributed by atoms with E-state index in [9.17, 15) is 13.2 Å². The van der Waals surface area contributed by atoms with Gasteiger partial charge < -0.3 is 10.2 Å². The normalized spacial score (nSPS) is 20.5. The first-order valence-electron chi connectivity index (χ1n) is 11.1. The van der Waals surface area contributed by atoms with Crippen molar-refractivity contribution < 1.29 is 13.2 Å². The lowest BCUT2D eigenvalue weighted by Crippen LogP contribution is -2.55. The van der Waals surface area contributed by atoms with Gasteiger partial charge in [-0.25, -0.2) is 28.1 Å². The minimum atomic E-state index is -2.87. The van der Waals surface area contributed by atoms with Crippen molar-refractivity contribution >= 4 is 22.5 Å². The summed E-state index contributed by atoms with van der Waals surface area (Å²) >= 11 is 0. The number of piperazine rings is 1. The number of alkyl halides is 2. The first-order valence-corrected chi connectivity index (χ1v) is 11.1. The monoisotopic (exact) mass is 458 g/mol. The van der Waals surface area contributed by atoms with Crippen molar-refractivity contribution in [3.63, 3.8) is 0 Å². The average molecular weight is 459 g/mol. The van der Waals surface area contributed by atoms with Crippen molar-refractivity contribution in [1.29, 1.82) is 0 Å². The molecule has 0 radical (unpaired) electrons. The van der Waals surface area contributed by atoms with Gasteiger partial charge in [0.25, 0.3) is 6.43 Å². The molecule has 1 aromatic carbocycles. The van der Waals surface area contributed by atoms with Crippen LogP contribution in [0.2, 0.25) is 0 Å². The zero-order valence-corrected chi connectivity index (χ0v) is 19.5. The first kappa shape index (κ1) is 23.2. The van der Waals surface area contributed by atoms with Crippen LogP contribution in [0.25, 0.3) is 10.9 Å². The average Bonchev–Trinajstić information content (AvgIpc) is 2.76. The maximum absolute atomic E-state index is 14.7. The Balaban J connectivity index is 1.69. The Bertz CT molecular complexity index is 1140. The van der Waals surface area contributed by atoms with Crippen LogP contribution >= 0.6 is 0 Å². The van der Waals surface area contributed by atoms with Crippen LogP contribution in [-0.4, -0.2) is 52.1 Å². The van der Waals surface area contributed by atoms with E-state index in [-0.39, 0.29) is 5.56 Å². The van der Waals surface area contributed by atoms with Gasteiger partial charge in [0.2, 0.25) is 0 Å². The highest BCUT2D eigenvalue weighted by atomic mass is 19.3. The van der Waals surface area contributed by atoms with Gasteiger partial charge in [-0.2, -0.15) is 0 Å². The van der Waals surface area contributed by atoms with Crippen LogP contribution in [0.3, 0.4) is 0 Å². The largest absolute Gasteiger partial charge is 0.363 e. The number of fused-ring (bicyclic) bond motifs is 1. The second-order valence-electron chi connectivity index (χ2n) is 8.86. The summed E-state index contributed by atoms with van der Waals surface area (Å²) in [5.74, 6) is 0.981. The lowest BCUT2D eigenvalue weighted by molar-refractivity contribution is 0.146. The number of hydrogen-bond acceptors (Lipinski definition) is 6. The SMILES string of the molecule is Cc1nc(N[C@H](C)c2cccc(C(F)F)c2F)c2cc(N3CC(C)N(C)C(C)C3)ncc2n1. The van der Waals surface area contributed by atoms with E-state index in [0.29, 0.717) is 29.2 Å². The fraction of sp³-hybridized carbons (Fsp3) is 0.458. The van der Waals surface area contributed by atoms with Crippen LogP contribution in [-0.2, 0) is 0 Å². The zero-order valence-electron chi connectivity index (χ0n) is 19.5. The molecule has 1 aliphatic rings. The Labute approximate surface area is 191 Å². The molecule has 176 valence electrons. The summed E-state index contributed by atoms with van der Waals surface area (Å²) in [4.78, 5) is 18.2. The molecule has 3 heterocycles. The van der Waals surface area contributed by atoms with Crippen LogP contribution in [0.1, 0.15) is 50.2 Å². The Kier molecular flexibility index (Phi) is 6.43. The molecule has 1 saturated heterocycles. The molecule has 0 saturated carbocycles. The van der Waals surface area contributed by atoms with Crippen molar-refractivity contribution in [3.8, 4) is 0 Å². The van der Waals surface area contributed by atoms with E-state index in [2.05, 4.69) is 51.0 Å².